The van der Waals surface area contributed by atoms with Crippen LogP contribution < -0.4 is 0 Å². The molecule has 1 aromatic rings. The van der Waals surface area contributed by atoms with Gasteiger partial charge in [-0.1, -0.05) is 29.3 Å². The third kappa shape index (κ3) is 3.35. The van der Waals surface area contributed by atoms with E-state index in [2.05, 4.69) is 41.3 Å². The van der Waals surface area contributed by atoms with E-state index in [0.717, 1.165) is 6.16 Å². The highest BCUT2D eigenvalue weighted by Crippen LogP contribution is 2.11. The van der Waals surface area contributed by atoms with Gasteiger partial charge in [0.1, 0.15) is 0 Å². The number of halogens is 1. The number of benzene rings is 1. The summed E-state index contributed by atoms with van der Waals surface area (Å²) in [6.07, 6.45) is 1.06. The van der Waals surface area contributed by atoms with Crippen LogP contribution in [0.15, 0.2) is 18.2 Å². The number of hydrogen-bond donors (Lipinski definition) is 0. The Hall–Kier alpha value is 0.130. The van der Waals surface area contributed by atoms with Gasteiger partial charge in [0.05, 0.1) is 0 Å². The van der Waals surface area contributed by atoms with E-state index in [1.807, 2.05) is 0 Å². The second kappa shape index (κ2) is 4.90. The predicted octanol–water partition coefficient (Wildman–Crippen LogP) is 3.26. The maximum absolute atomic E-state index is 2.74. The van der Waals surface area contributed by atoms with E-state index in [-0.39, 0.29) is 17.0 Å². The van der Waals surface area contributed by atoms with Crippen molar-refractivity contribution >= 4 is 26.2 Å². The lowest BCUT2D eigenvalue weighted by atomic mass is 10.1. The van der Waals surface area contributed by atoms with Crippen LogP contribution in [0.1, 0.15) is 16.7 Å². The molecule has 0 bridgehead atoms. The highest BCUT2D eigenvalue weighted by molar-refractivity contribution is 8.93. The summed E-state index contributed by atoms with van der Waals surface area (Å²) >= 11 is 0. The minimum Gasteiger partial charge on any atom is -0.133 e. The molecule has 0 saturated carbocycles. The van der Waals surface area contributed by atoms with Crippen LogP contribution in [0.5, 0.6) is 0 Å². The molecule has 1 rings (SSSR count). The minimum atomic E-state index is 0. The van der Waals surface area contributed by atoms with E-state index in [1.54, 1.807) is 0 Å². The average molecular weight is 233 g/mol. The van der Waals surface area contributed by atoms with Crippen LogP contribution in [0.25, 0.3) is 0 Å². The lowest BCUT2D eigenvalue weighted by molar-refractivity contribution is 1.30. The first-order valence-corrected chi connectivity index (χ1v) is 4.31. The van der Waals surface area contributed by atoms with Gasteiger partial charge in [0.15, 0.2) is 0 Å². The van der Waals surface area contributed by atoms with E-state index >= 15 is 0 Å². The van der Waals surface area contributed by atoms with Gasteiger partial charge in [-0.15, -0.1) is 26.2 Å². The molecule has 0 aliphatic carbocycles. The van der Waals surface area contributed by atoms with Crippen LogP contribution >= 0.6 is 26.2 Å². The smallest absolute Gasteiger partial charge is 0.0128 e. The van der Waals surface area contributed by atoms with Gasteiger partial charge in [-0.2, -0.15) is 0 Å². The van der Waals surface area contributed by atoms with Gasteiger partial charge < -0.3 is 0 Å². The Morgan fingerprint density at radius 2 is 1.55 bits per heavy atom. The number of aryl methyl sites for hydroxylation is 2. The fourth-order valence-electron chi connectivity index (χ4n) is 1.19. The normalized spacial score (nSPS) is 9.00. The molecule has 0 heterocycles. The molecule has 0 aliphatic heterocycles. The zero-order valence-electron chi connectivity index (χ0n) is 6.92. The van der Waals surface area contributed by atoms with Crippen LogP contribution in [0.3, 0.4) is 0 Å². The summed E-state index contributed by atoms with van der Waals surface area (Å²) in [5.74, 6) is 0. The van der Waals surface area contributed by atoms with Gasteiger partial charge in [0, 0.05) is 0 Å². The van der Waals surface area contributed by atoms with E-state index in [0.29, 0.717) is 0 Å². The van der Waals surface area contributed by atoms with Crippen LogP contribution in [-0.4, -0.2) is 0 Å². The molecular formula is C9H14BrP. The summed E-state index contributed by atoms with van der Waals surface area (Å²) in [6.45, 7) is 4.27. The van der Waals surface area contributed by atoms with Gasteiger partial charge in [0.2, 0.25) is 0 Å². The number of hydrogen-bond acceptors (Lipinski definition) is 0. The zero-order chi connectivity index (χ0) is 7.56. The highest BCUT2D eigenvalue weighted by atomic mass is 79.9. The first-order chi connectivity index (χ1) is 4.72. The molecule has 0 N–H and O–H groups in total. The van der Waals surface area contributed by atoms with Gasteiger partial charge >= 0.3 is 0 Å². The summed E-state index contributed by atoms with van der Waals surface area (Å²) in [6, 6.07) is 6.64. The van der Waals surface area contributed by atoms with Gasteiger partial charge in [-0.25, -0.2) is 0 Å². The monoisotopic (exact) mass is 232 g/mol. The molecule has 1 unspecified atom stereocenters. The van der Waals surface area contributed by atoms with E-state index < -0.39 is 0 Å². The van der Waals surface area contributed by atoms with E-state index in [4.69, 9.17) is 0 Å². The van der Waals surface area contributed by atoms with Crippen LogP contribution in [-0.2, 0) is 6.16 Å². The van der Waals surface area contributed by atoms with Crippen molar-refractivity contribution in [2.24, 2.45) is 0 Å². The van der Waals surface area contributed by atoms with Crippen molar-refractivity contribution in [3.05, 3.63) is 34.9 Å². The fourth-order valence-corrected chi connectivity index (χ4v) is 1.42. The molecule has 0 amide bonds. The maximum Gasteiger partial charge on any atom is -0.0128 e. The third-order valence-corrected chi connectivity index (χ3v) is 1.99. The standard InChI is InChI=1S/C9H13P.BrH/c1-7-3-8(2)5-9(4-7)6-10;/h3-5H,6,10H2,1-2H3;1H. The second-order valence-corrected chi connectivity index (χ2v) is 3.11. The quantitative estimate of drug-likeness (QED) is 0.653. The van der Waals surface area contributed by atoms with Crippen LogP contribution in [0.2, 0.25) is 0 Å². The average Bonchev–Trinajstić information content (AvgIpc) is 1.85. The Kier molecular flexibility index (Phi) is 4.96. The van der Waals surface area contributed by atoms with Crippen molar-refractivity contribution in [1.82, 2.24) is 0 Å². The van der Waals surface area contributed by atoms with Crippen LogP contribution in [0, 0.1) is 13.8 Å². The summed E-state index contributed by atoms with van der Waals surface area (Å²) in [5, 5.41) is 0. The Bertz CT molecular complexity index is 213. The molecule has 1 aromatic carbocycles. The fraction of sp³-hybridized carbons (Fsp3) is 0.333. The Morgan fingerprint density at radius 1 is 1.09 bits per heavy atom. The van der Waals surface area contributed by atoms with Gasteiger partial charge in [0.25, 0.3) is 0 Å². The molecule has 2 heteroatoms. The molecule has 62 valence electrons. The number of rotatable bonds is 1. The first kappa shape index (κ1) is 11.1. The second-order valence-electron chi connectivity index (χ2n) is 2.70. The molecule has 1 atom stereocenters. The lowest BCUT2D eigenvalue weighted by Gasteiger charge is -2.00. The van der Waals surface area contributed by atoms with Crippen LogP contribution in [0.4, 0.5) is 0 Å². The largest absolute Gasteiger partial charge is 0.133 e. The molecule has 11 heavy (non-hydrogen) atoms. The first-order valence-electron chi connectivity index (χ1n) is 3.49. The van der Waals surface area contributed by atoms with Gasteiger partial charge in [-0.05, 0) is 25.6 Å². The van der Waals surface area contributed by atoms with Crippen molar-refractivity contribution in [2.75, 3.05) is 0 Å². The zero-order valence-corrected chi connectivity index (χ0v) is 9.79. The Labute approximate surface area is 81.4 Å². The van der Waals surface area contributed by atoms with Crippen molar-refractivity contribution in [2.45, 2.75) is 20.0 Å². The molecule has 0 nitrogen and oxygen atoms in total. The third-order valence-electron chi connectivity index (χ3n) is 1.52. The Balaban J connectivity index is 0.000001000. The summed E-state index contributed by atoms with van der Waals surface area (Å²) in [7, 11) is 2.74. The molecule has 0 aliphatic rings. The SMILES string of the molecule is Br.Cc1cc(C)cc(CP)c1. The van der Waals surface area contributed by atoms with Crippen molar-refractivity contribution in [3.8, 4) is 0 Å². The van der Waals surface area contributed by atoms with E-state index in [9.17, 15) is 0 Å². The topological polar surface area (TPSA) is 0 Å². The molecule has 0 fully saturated rings. The molecule has 0 aromatic heterocycles. The Morgan fingerprint density at radius 3 is 1.91 bits per heavy atom. The van der Waals surface area contributed by atoms with Crippen molar-refractivity contribution in [1.29, 1.82) is 0 Å². The van der Waals surface area contributed by atoms with Crippen molar-refractivity contribution < 1.29 is 0 Å². The van der Waals surface area contributed by atoms with Gasteiger partial charge in [-0.3, -0.25) is 0 Å². The van der Waals surface area contributed by atoms with Crippen molar-refractivity contribution in [3.63, 3.8) is 0 Å². The maximum atomic E-state index is 2.74. The molecule has 0 radical (unpaired) electrons. The summed E-state index contributed by atoms with van der Waals surface area (Å²) < 4.78 is 0. The van der Waals surface area contributed by atoms with E-state index in [1.165, 1.54) is 16.7 Å². The summed E-state index contributed by atoms with van der Waals surface area (Å²) in [4.78, 5) is 0. The molecule has 0 spiro atoms. The predicted molar refractivity (Wildman–Crippen MR) is 59.7 cm³/mol. The summed E-state index contributed by atoms with van der Waals surface area (Å²) in [5.41, 5.74) is 4.12. The highest BCUT2D eigenvalue weighted by Gasteiger charge is 1.91. The minimum absolute atomic E-state index is 0. The molecule has 0 saturated heterocycles. The molecular weight excluding hydrogens is 219 g/mol. The lowest BCUT2D eigenvalue weighted by Crippen LogP contribution is -1.81.